The van der Waals surface area contributed by atoms with Crippen molar-refractivity contribution < 1.29 is 9.21 Å². The fourth-order valence-electron chi connectivity index (χ4n) is 3.54. The number of benzene rings is 1. The van der Waals surface area contributed by atoms with Gasteiger partial charge in [0.25, 0.3) is 0 Å². The van der Waals surface area contributed by atoms with Crippen LogP contribution in [0.5, 0.6) is 0 Å². The molecule has 140 valence electrons. The van der Waals surface area contributed by atoms with Gasteiger partial charge in [-0.1, -0.05) is 12.1 Å². The van der Waals surface area contributed by atoms with Crippen LogP contribution in [0.3, 0.4) is 0 Å². The van der Waals surface area contributed by atoms with Crippen LogP contribution in [0.4, 0.5) is 5.82 Å². The predicted octanol–water partition coefficient (Wildman–Crippen LogP) is 3.76. The summed E-state index contributed by atoms with van der Waals surface area (Å²) in [5, 5.41) is 8.29. The van der Waals surface area contributed by atoms with E-state index in [0.717, 1.165) is 16.6 Å². The van der Waals surface area contributed by atoms with Crippen LogP contribution in [-0.2, 0) is 11.2 Å². The molecule has 1 saturated carbocycles. The van der Waals surface area contributed by atoms with Gasteiger partial charge in [-0.3, -0.25) is 4.79 Å². The van der Waals surface area contributed by atoms with Crippen molar-refractivity contribution in [2.24, 2.45) is 5.92 Å². The molecule has 0 radical (unpaired) electrons. The highest BCUT2D eigenvalue weighted by Gasteiger charge is 2.31. The van der Waals surface area contributed by atoms with Gasteiger partial charge < -0.3 is 9.73 Å². The molecule has 27 heavy (non-hydrogen) atoms. The molecule has 6 heteroatoms. The van der Waals surface area contributed by atoms with Crippen molar-refractivity contribution in [1.29, 1.82) is 0 Å². The predicted molar refractivity (Wildman–Crippen MR) is 104 cm³/mol. The van der Waals surface area contributed by atoms with Crippen LogP contribution in [0.1, 0.15) is 42.6 Å². The van der Waals surface area contributed by atoms with Gasteiger partial charge in [0.15, 0.2) is 0 Å². The summed E-state index contributed by atoms with van der Waals surface area (Å²) in [6.07, 6.45) is 2.52. The third kappa shape index (κ3) is 3.65. The third-order valence-electron chi connectivity index (χ3n) is 5.15. The van der Waals surface area contributed by atoms with Crippen LogP contribution in [0.25, 0.3) is 11.0 Å². The van der Waals surface area contributed by atoms with Crippen molar-refractivity contribution in [3.63, 3.8) is 0 Å². The normalized spacial score (nSPS) is 15.1. The lowest BCUT2D eigenvalue weighted by Crippen LogP contribution is -2.20. The first-order valence-corrected chi connectivity index (χ1v) is 9.30. The molecule has 1 aliphatic carbocycles. The molecule has 0 spiro atoms. The van der Waals surface area contributed by atoms with Gasteiger partial charge in [-0.05, 0) is 56.7 Å². The lowest BCUT2D eigenvalue weighted by atomic mass is 10.1. The molecule has 1 amide bonds. The Labute approximate surface area is 157 Å². The Kier molecular flexibility index (Phi) is 4.34. The Bertz CT molecular complexity index is 1080. The number of hydrogen-bond donors (Lipinski definition) is 1. The number of fused-ring (bicyclic) bond motifs is 1. The van der Waals surface area contributed by atoms with E-state index in [9.17, 15) is 9.59 Å². The number of aryl methyl sites for hydroxylation is 2. The van der Waals surface area contributed by atoms with Gasteiger partial charge in [0.1, 0.15) is 11.4 Å². The van der Waals surface area contributed by atoms with E-state index in [1.807, 2.05) is 42.8 Å². The Morgan fingerprint density at radius 1 is 1.30 bits per heavy atom. The number of carbonyl (C=O) groups is 1. The van der Waals surface area contributed by atoms with Gasteiger partial charge in [0, 0.05) is 17.5 Å². The molecule has 0 bridgehead atoms. The van der Waals surface area contributed by atoms with Crippen LogP contribution in [0.2, 0.25) is 0 Å². The van der Waals surface area contributed by atoms with Crippen molar-refractivity contribution in [3.05, 3.63) is 57.6 Å². The second kappa shape index (κ2) is 6.68. The minimum Gasteiger partial charge on any atom is -0.423 e. The van der Waals surface area contributed by atoms with Crippen LogP contribution in [0, 0.1) is 19.8 Å². The molecule has 4 rings (SSSR count). The number of aromatic nitrogens is 2. The Morgan fingerprint density at radius 3 is 2.81 bits per heavy atom. The van der Waals surface area contributed by atoms with E-state index < -0.39 is 5.63 Å². The zero-order valence-electron chi connectivity index (χ0n) is 15.8. The zero-order chi connectivity index (χ0) is 19.1. The standard InChI is InChI=1S/C21H23N3O3/c1-12-4-7-17-16(11-21(26)27-18(17)8-12)10-20(25)22-19-9-13(2)23-24(19)14(3)15-5-6-15/h4,7-9,11,14-15H,5-6,10H2,1-3H3,(H,22,25). The third-order valence-corrected chi connectivity index (χ3v) is 5.15. The monoisotopic (exact) mass is 365 g/mol. The summed E-state index contributed by atoms with van der Waals surface area (Å²) in [7, 11) is 0. The average Bonchev–Trinajstić information content (AvgIpc) is 3.37. The first kappa shape index (κ1) is 17.5. The Balaban J connectivity index is 1.59. The van der Waals surface area contributed by atoms with Crippen LogP contribution >= 0.6 is 0 Å². The van der Waals surface area contributed by atoms with Crippen molar-refractivity contribution in [1.82, 2.24) is 9.78 Å². The van der Waals surface area contributed by atoms with Gasteiger partial charge in [-0.25, -0.2) is 9.48 Å². The maximum Gasteiger partial charge on any atom is 0.336 e. The van der Waals surface area contributed by atoms with Crippen LogP contribution in [0.15, 0.2) is 39.5 Å². The lowest BCUT2D eigenvalue weighted by Gasteiger charge is -2.15. The minimum absolute atomic E-state index is 0.104. The first-order chi connectivity index (χ1) is 12.9. The van der Waals surface area contributed by atoms with E-state index in [1.165, 1.54) is 18.9 Å². The van der Waals surface area contributed by atoms with Gasteiger partial charge in [-0.15, -0.1) is 0 Å². The van der Waals surface area contributed by atoms with Crippen LogP contribution < -0.4 is 10.9 Å². The van der Waals surface area contributed by atoms with E-state index in [4.69, 9.17) is 4.42 Å². The Hall–Kier alpha value is -2.89. The van der Waals surface area contributed by atoms with Crippen molar-refractivity contribution in [2.75, 3.05) is 5.32 Å². The van der Waals surface area contributed by atoms with Gasteiger partial charge >= 0.3 is 5.63 Å². The first-order valence-electron chi connectivity index (χ1n) is 9.30. The summed E-state index contributed by atoms with van der Waals surface area (Å²) in [6, 6.07) is 9.19. The molecule has 0 saturated heterocycles. The number of rotatable bonds is 5. The molecule has 1 atom stereocenters. The molecular formula is C21H23N3O3. The highest BCUT2D eigenvalue weighted by Crippen LogP contribution is 2.40. The summed E-state index contributed by atoms with van der Waals surface area (Å²) in [5.74, 6) is 1.16. The van der Waals surface area contributed by atoms with Gasteiger partial charge in [0.2, 0.25) is 5.91 Å². The molecule has 2 aromatic heterocycles. The van der Waals surface area contributed by atoms with Crippen molar-refractivity contribution in [3.8, 4) is 0 Å². The summed E-state index contributed by atoms with van der Waals surface area (Å²) in [6.45, 7) is 5.99. The smallest absolute Gasteiger partial charge is 0.336 e. The second-order valence-electron chi connectivity index (χ2n) is 7.51. The molecular weight excluding hydrogens is 342 g/mol. The number of nitrogens with zero attached hydrogens (tertiary/aromatic N) is 2. The quantitative estimate of drug-likeness (QED) is 0.699. The van der Waals surface area contributed by atoms with Crippen molar-refractivity contribution >= 4 is 22.7 Å². The topological polar surface area (TPSA) is 77.1 Å². The van der Waals surface area contributed by atoms with Crippen molar-refractivity contribution in [2.45, 2.75) is 46.1 Å². The number of hydrogen-bond acceptors (Lipinski definition) is 4. The molecule has 1 aliphatic rings. The minimum atomic E-state index is -0.445. The maximum absolute atomic E-state index is 12.7. The van der Waals surface area contributed by atoms with E-state index in [0.29, 0.717) is 22.9 Å². The fourth-order valence-corrected chi connectivity index (χ4v) is 3.54. The van der Waals surface area contributed by atoms with Gasteiger partial charge in [0.05, 0.1) is 18.2 Å². The van der Waals surface area contributed by atoms with E-state index in [1.54, 1.807) is 0 Å². The lowest BCUT2D eigenvalue weighted by molar-refractivity contribution is -0.115. The average molecular weight is 365 g/mol. The van der Waals surface area contributed by atoms with E-state index in [-0.39, 0.29) is 18.4 Å². The van der Waals surface area contributed by atoms with E-state index >= 15 is 0 Å². The summed E-state index contributed by atoms with van der Waals surface area (Å²) >= 11 is 0. The molecule has 1 fully saturated rings. The highest BCUT2D eigenvalue weighted by molar-refractivity contribution is 5.94. The largest absolute Gasteiger partial charge is 0.423 e. The van der Waals surface area contributed by atoms with Crippen LogP contribution in [-0.4, -0.2) is 15.7 Å². The second-order valence-corrected chi connectivity index (χ2v) is 7.51. The Morgan fingerprint density at radius 2 is 2.07 bits per heavy atom. The molecule has 1 unspecified atom stereocenters. The number of carbonyl (C=O) groups excluding carboxylic acids is 1. The van der Waals surface area contributed by atoms with E-state index in [2.05, 4.69) is 17.3 Å². The summed E-state index contributed by atoms with van der Waals surface area (Å²) in [4.78, 5) is 24.6. The molecule has 1 N–H and O–H groups in total. The highest BCUT2D eigenvalue weighted by atomic mass is 16.4. The molecule has 3 aromatic rings. The fraction of sp³-hybridized carbons (Fsp3) is 0.381. The number of anilines is 1. The summed E-state index contributed by atoms with van der Waals surface area (Å²) in [5.41, 5.74) is 2.60. The molecule has 0 aliphatic heterocycles. The summed E-state index contributed by atoms with van der Waals surface area (Å²) < 4.78 is 7.18. The molecule has 2 heterocycles. The maximum atomic E-state index is 12.7. The SMILES string of the molecule is Cc1ccc2c(CC(=O)Nc3cc(C)nn3C(C)C3CC3)cc(=O)oc2c1. The van der Waals surface area contributed by atoms with Gasteiger partial charge in [-0.2, -0.15) is 5.10 Å². The molecule has 1 aromatic carbocycles. The molecule has 6 nitrogen and oxygen atoms in total. The zero-order valence-corrected chi connectivity index (χ0v) is 15.8. The number of amides is 1. The number of nitrogens with one attached hydrogen (secondary N) is 1.